The fraction of sp³-hybridized carbons (Fsp3) is 0. The summed E-state index contributed by atoms with van der Waals surface area (Å²) < 4.78 is 0. The Morgan fingerprint density at radius 1 is 0.714 bits per heavy atom. The first-order chi connectivity index (χ1) is 0. The molecule has 0 amide bonds. The van der Waals surface area contributed by atoms with E-state index in [1.165, 1.54) is 0 Å². The normalized spacial score (nSPS) is 0. The molecule has 0 spiro atoms. The van der Waals surface area contributed by atoms with Crippen molar-refractivity contribution in [2.24, 2.45) is 0 Å². The van der Waals surface area contributed by atoms with Crippen LogP contribution < -0.4 is 0 Å². The molecule has 0 aromatic rings. The number of hydrogen-bond acceptors (Lipinski definition) is 0. The molecule has 0 aliphatic rings. The Labute approximate surface area is 117 Å². The van der Waals surface area contributed by atoms with Crippen LogP contribution in [0, 0.1) is 0 Å². The average molecular weight is 380 g/mol. The molecule has 7 heteroatoms. The van der Waals surface area contributed by atoms with Gasteiger partial charge in [-0.15, -0.1) is 0 Å². The maximum absolute atomic E-state index is 0. The zero-order chi connectivity index (χ0) is 0. The summed E-state index contributed by atoms with van der Waals surface area (Å²) in [6.07, 6.45) is 0. The van der Waals surface area contributed by atoms with Crippen LogP contribution in [0.2, 0.25) is 0 Å². The van der Waals surface area contributed by atoms with Gasteiger partial charge >= 0.3 is 72.8 Å². The van der Waals surface area contributed by atoms with Gasteiger partial charge in [-0.3, -0.25) is 0 Å². The first-order valence-corrected chi connectivity index (χ1v) is 0. The summed E-state index contributed by atoms with van der Waals surface area (Å²) in [5, 5.41) is 0. The summed E-state index contributed by atoms with van der Waals surface area (Å²) in [6, 6.07) is 0. The monoisotopic (exact) mass is 382 g/mol. The molecule has 0 saturated heterocycles. The van der Waals surface area contributed by atoms with Gasteiger partial charge in [0.25, 0.3) is 0 Å². The van der Waals surface area contributed by atoms with Crippen LogP contribution in [0.1, 0.15) is 2.85 Å². The molecule has 0 saturated carbocycles. The van der Waals surface area contributed by atoms with Crippen molar-refractivity contribution in [3.8, 4) is 0 Å². The third-order valence-corrected chi connectivity index (χ3v) is 0. The molecule has 0 unspecified atom stereocenters. The Balaban J connectivity index is 0. The molecule has 0 rings (SSSR count). The van der Waals surface area contributed by atoms with Gasteiger partial charge in [-0.2, -0.15) is 0 Å². The molecule has 46 valence electrons. The van der Waals surface area contributed by atoms with E-state index in [1.54, 1.807) is 0 Å². The minimum Gasteiger partial charge on any atom is 0 e. The molecule has 4 nitrogen and oxygen atoms in total. The molecular weight excluding hydrogens is 368 g/mol. The molecule has 0 aromatic heterocycles. The molecular formula is H12BaO4SnTi. The molecule has 0 aliphatic carbocycles. The third-order valence-electron chi connectivity index (χ3n) is 0. The average Bonchev–Trinajstić information content (AvgIpc) is 0. The van der Waals surface area contributed by atoms with Crippen molar-refractivity contribution >= 4 is 72.8 Å². The molecule has 7 heavy (non-hydrogen) atoms. The van der Waals surface area contributed by atoms with Crippen LogP contribution in [-0.4, -0.2) is 94.7 Å². The van der Waals surface area contributed by atoms with E-state index in [1.807, 2.05) is 0 Å². The van der Waals surface area contributed by atoms with Crippen molar-refractivity contribution in [3.05, 3.63) is 0 Å². The van der Waals surface area contributed by atoms with Crippen molar-refractivity contribution in [1.82, 2.24) is 0 Å². The van der Waals surface area contributed by atoms with Crippen molar-refractivity contribution < 1.29 is 46.5 Å². The third kappa shape index (κ3) is 50.0. The molecule has 0 heterocycles. The second kappa shape index (κ2) is 65.5. The fourth-order valence-electron chi connectivity index (χ4n) is 0. The van der Waals surface area contributed by atoms with Crippen LogP contribution in [-0.2, 0) is 21.7 Å². The van der Waals surface area contributed by atoms with Gasteiger partial charge in [0.2, 0.25) is 0 Å². The van der Waals surface area contributed by atoms with Gasteiger partial charge in [0, 0.05) is 21.7 Å². The Morgan fingerprint density at radius 3 is 0.714 bits per heavy atom. The van der Waals surface area contributed by atoms with E-state index in [-0.39, 0.29) is 119 Å². The minimum atomic E-state index is 0. The largest absolute Gasteiger partial charge is 0 e. The zero-order valence-electron chi connectivity index (χ0n) is 5.91. The maximum Gasteiger partial charge on any atom is 0 e. The van der Waals surface area contributed by atoms with Crippen LogP contribution in [0.3, 0.4) is 0 Å². The summed E-state index contributed by atoms with van der Waals surface area (Å²) in [7, 11) is 0. The summed E-state index contributed by atoms with van der Waals surface area (Å²) in [5.74, 6) is 0. The Morgan fingerprint density at radius 2 is 0.714 bits per heavy atom. The van der Waals surface area contributed by atoms with E-state index in [2.05, 4.69) is 0 Å². The van der Waals surface area contributed by atoms with E-state index < -0.39 is 0 Å². The summed E-state index contributed by atoms with van der Waals surface area (Å²) in [5.41, 5.74) is 0. The van der Waals surface area contributed by atoms with E-state index in [0.29, 0.717) is 0 Å². The van der Waals surface area contributed by atoms with Crippen molar-refractivity contribution in [3.63, 3.8) is 0 Å². The molecule has 8 N–H and O–H groups in total. The fourth-order valence-corrected chi connectivity index (χ4v) is 0. The van der Waals surface area contributed by atoms with E-state index in [9.17, 15) is 0 Å². The van der Waals surface area contributed by atoms with Crippen LogP contribution >= 0.6 is 0 Å². The predicted octanol–water partition coefficient (Wildman–Crippen LogP) is -4.37. The van der Waals surface area contributed by atoms with Gasteiger partial charge in [0.1, 0.15) is 0 Å². The molecule has 2 radical (unpaired) electrons. The van der Waals surface area contributed by atoms with Gasteiger partial charge in [-0.25, -0.2) is 0 Å². The van der Waals surface area contributed by atoms with Crippen molar-refractivity contribution in [2.45, 2.75) is 0 Å². The topological polar surface area (TPSA) is 126 Å². The van der Waals surface area contributed by atoms with E-state index in [4.69, 9.17) is 0 Å². The molecule has 0 fully saturated rings. The molecule has 0 aromatic carbocycles. The zero-order valence-corrected chi connectivity index (χ0v) is 14.0. The Kier molecular flexibility index (Phi) is 865. The van der Waals surface area contributed by atoms with Crippen LogP contribution in [0.5, 0.6) is 0 Å². The summed E-state index contributed by atoms with van der Waals surface area (Å²) in [6.45, 7) is 0. The summed E-state index contributed by atoms with van der Waals surface area (Å²) >= 11 is 0. The molecule has 0 bridgehead atoms. The van der Waals surface area contributed by atoms with Crippen LogP contribution in [0.25, 0.3) is 0 Å². The SMILES string of the molecule is O.O.O.O.[Ba+2].[H-].[H-].[SnH2].[Ti]. The van der Waals surface area contributed by atoms with Gasteiger partial charge in [0.15, 0.2) is 0 Å². The maximum atomic E-state index is 0. The van der Waals surface area contributed by atoms with E-state index >= 15 is 0 Å². The van der Waals surface area contributed by atoms with Crippen molar-refractivity contribution in [2.75, 3.05) is 0 Å². The standard InChI is InChI=1S/Ba.4H2O.Sn.Ti.4H/h;4*1H2;;;;;;/q+2;;;;;;;;;2*-1. The second-order valence-electron chi connectivity index (χ2n) is 0. The number of hydrogen-bond donors (Lipinski definition) is 0. The quantitative estimate of drug-likeness (QED) is 0.377. The van der Waals surface area contributed by atoms with Gasteiger partial charge in [-0.05, 0) is 0 Å². The predicted molar refractivity (Wildman–Crippen MR) is 31.0 cm³/mol. The van der Waals surface area contributed by atoms with Crippen LogP contribution in [0.15, 0.2) is 0 Å². The van der Waals surface area contributed by atoms with E-state index in [0.717, 1.165) is 0 Å². The Bertz CT molecular complexity index is 18.5. The van der Waals surface area contributed by atoms with Gasteiger partial charge in [-0.1, -0.05) is 0 Å². The minimum absolute atomic E-state index is 0. The smallest absolute Gasteiger partial charge is 0 e. The van der Waals surface area contributed by atoms with Crippen LogP contribution in [0.4, 0.5) is 0 Å². The van der Waals surface area contributed by atoms with Crippen molar-refractivity contribution in [1.29, 1.82) is 0 Å². The molecule has 0 aliphatic heterocycles. The number of rotatable bonds is 0. The molecule has 0 atom stereocenters. The summed E-state index contributed by atoms with van der Waals surface area (Å²) in [4.78, 5) is 0. The second-order valence-corrected chi connectivity index (χ2v) is 0. The van der Waals surface area contributed by atoms with Gasteiger partial charge in [0.05, 0.1) is 0 Å². The first kappa shape index (κ1) is 92.4. The first-order valence-electron chi connectivity index (χ1n) is 0. The Hall–Kier alpha value is 2.92. The van der Waals surface area contributed by atoms with Gasteiger partial charge < -0.3 is 24.8 Å².